The van der Waals surface area contributed by atoms with Gasteiger partial charge >= 0.3 is 0 Å². The molecule has 1 aliphatic rings. The second-order valence-electron chi connectivity index (χ2n) is 4.64. The van der Waals surface area contributed by atoms with Crippen molar-refractivity contribution in [2.45, 2.75) is 25.7 Å². The molecule has 0 atom stereocenters. The van der Waals surface area contributed by atoms with E-state index in [4.69, 9.17) is 9.94 Å². The molecule has 1 heterocycles. The molecule has 0 bridgehead atoms. The number of hydrogen-bond donors (Lipinski definition) is 2. The molecule has 4 nitrogen and oxygen atoms in total. The average Bonchev–Trinajstić information content (AvgIpc) is 2.64. The summed E-state index contributed by atoms with van der Waals surface area (Å²) in [6.45, 7) is 0. The minimum Gasteiger partial charge on any atom is -0.497 e. The molecule has 2 N–H and O–H groups in total. The summed E-state index contributed by atoms with van der Waals surface area (Å²) >= 11 is 0. The van der Waals surface area contributed by atoms with Crippen LogP contribution in [-0.4, -0.2) is 23.0 Å². The Kier molecular flexibility index (Phi) is 2.70. The number of aromatic nitrogens is 1. The number of nitrogens with one attached hydrogen (secondary N) is 1. The average molecular weight is 244 g/mol. The van der Waals surface area contributed by atoms with E-state index in [1.54, 1.807) is 7.11 Å². The van der Waals surface area contributed by atoms with Gasteiger partial charge in [0.1, 0.15) is 11.5 Å². The summed E-state index contributed by atoms with van der Waals surface area (Å²) in [4.78, 5) is 3.36. The summed E-state index contributed by atoms with van der Waals surface area (Å²) in [5.41, 5.74) is 4.06. The lowest BCUT2D eigenvalue weighted by molar-refractivity contribution is 0.318. The maximum absolute atomic E-state index is 9.13. The highest BCUT2D eigenvalue weighted by Gasteiger charge is 2.19. The van der Waals surface area contributed by atoms with E-state index in [1.165, 1.54) is 10.9 Å². The summed E-state index contributed by atoms with van der Waals surface area (Å²) in [5.74, 6) is 0.857. The van der Waals surface area contributed by atoms with Crippen molar-refractivity contribution >= 4 is 16.6 Å². The van der Waals surface area contributed by atoms with E-state index >= 15 is 0 Å². The standard InChI is InChI=1S/C14H16N2O2/c1-18-9-6-7-12-11(8-9)10-4-2-3-5-13(16-17)14(10)15-12/h6-8,15,17H,2-5H2,1H3. The number of fused-ring (bicyclic) bond motifs is 3. The Hall–Kier alpha value is -1.97. The van der Waals surface area contributed by atoms with Crippen molar-refractivity contribution in [3.05, 3.63) is 29.5 Å². The highest BCUT2D eigenvalue weighted by atomic mass is 16.5. The monoisotopic (exact) mass is 244 g/mol. The summed E-state index contributed by atoms with van der Waals surface area (Å²) < 4.78 is 5.27. The number of H-pyrrole nitrogens is 1. The van der Waals surface area contributed by atoms with Crippen molar-refractivity contribution < 1.29 is 9.94 Å². The maximum atomic E-state index is 9.13. The van der Waals surface area contributed by atoms with Crippen molar-refractivity contribution in [2.24, 2.45) is 5.16 Å². The molecule has 1 aliphatic carbocycles. The molecule has 1 aromatic carbocycles. The first kappa shape index (κ1) is 11.1. The third-order valence-electron chi connectivity index (χ3n) is 3.61. The van der Waals surface area contributed by atoms with Crippen LogP contribution in [-0.2, 0) is 6.42 Å². The summed E-state index contributed by atoms with van der Waals surface area (Å²) in [5, 5.41) is 13.7. The van der Waals surface area contributed by atoms with Gasteiger partial charge in [-0.05, 0) is 49.4 Å². The van der Waals surface area contributed by atoms with Crippen LogP contribution >= 0.6 is 0 Å². The molecular formula is C14H16N2O2. The van der Waals surface area contributed by atoms with E-state index in [2.05, 4.69) is 10.1 Å². The Balaban J connectivity index is 2.25. The molecule has 3 rings (SSSR count). The highest BCUT2D eigenvalue weighted by Crippen LogP contribution is 2.31. The second kappa shape index (κ2) is 4.37. The Bertz CT molecular complexity index is 614. The summed E-state index contributed by atoms with van der Waals surface area (Å²) in [6.07, 6.45) is 4.03. The molecule has 0 radical (unpaired) electrons. The lowest BCUT2D eigenvalue weighted by atomic mass is 10.1. The van der Waals surface area contributed by atoms with Gasteiger partial charge in [0.25, 0.3) is 0 Å². The molecular weight excluding hydrogens is 228 g/mol. The molecule has 2 aromatic rings. The lowest BCUT2D eigenvalue weighted by Gasteiger charge is -2.01. The van der Waals surface area contributed by atoms with Gasteiger partial charge < -0.3 is 14.9 Å². The first-order valence-corrected chi connectivity index (χ1v) is 6.23. The number of methoxy groups -OCH3 is 1. The molecule has 0 aliphatic heterocycles. The van der Waals surface area contributed by atoms with Gasteiger partial charge in [0.05, 0.1) is 12.8 Å². The van der Waals surface area contributed by atoms with Crippen molar-refractivity contribution in [1.82, 2.24) is 4.98 Å². The number of nitrogens with zero attached hydrogens (tertiary/aromatic N) is 1. The van der Waals surface area contributed by atoms with E-state index in [0.29, 0.717) is 0 Å². The molecule has 4 heteroatoms. The Morgan fingerprint density at radius 3 is 2.89 bits per heavy atom. The van der Waals surface area contributed by atoms with Gasteiger partial charge in [-0.3, -0.25) is 0 Å². The predicted molar refractivity (Wildman–Crippen MR) is 70.7 cm³/mol. The summed E-state index contributed by atoms with van der Waals surface area (Å²) in [7, 11) is 1.67. The maximum Gasteiger partial charge on any atom is 0.119 e. The predicted octanol–water partition coefficient (Wildman–Crippen LogP) is 3.08. The van der Waals surface area contributed by atoms with Gasteiger partial charge in [-0.1, -0.05) is 5.16 Å². The zero-order valence-corrected chi connectivity index (χ0v) is 10.4. The molecule has 0 amide bonds. The first-order chi connectivity index (χ1) is 8.83. The zero-order chi connectivity index (χ0) is 12.5. The van der Waals surface area contributed by atoms with Gasteiger partial charge in [-0.25, -0.2) is 0 Å². The fraction of sp³-hybridized carbons (Fsp3) is 0.357. The number of rotatable bonds is 1. The number of aryl methyl sites for hydroxylation is 1. The fourth-order valence-corrected chi connectivity index (χ4v) is 2.68. The molecule has 0 fully saturated rings. The van der Waals surface area contributed by atoms with Gasteiger partial charge in [0.2, 0.25) is 0 Å². The van der Waals surface area contributed by atoms with Crippen LogP contribution in [0.1, 0.15) is 30.5 Å². The SMILES string of the molecule is COc1ccc2[nH]c3c(c2c1)CCCCC3=NO. The number of benzene rings is 1. The quantitative estimate of drug-likeness (QED) is 0.460. The van der Waals surface area contributed by atoms with Crippen LogP contribution in [0.4, 0.5) is 0 Å². The Morgan fingerprint density at radius 1 is 1.28 bits per heavy atom. The van der Waals surface area contributed by atoms with Crippen LogP contribution < -0.4 is 4.74 Å². The van der Waals surface area contributed by atoms with Crippen LogP contribution in [0.5, 0.6) is 5.75 Å². The largest absolute Gasteiger partial charge is 0.497 e. The smallest absolute Gasteiger partial charge is 0.119 e. The topological polar surface area (TPSA) is 57.6 Å². The number of ether oxygens (including phenoxy) is 1. The lowest BCUT2D eigenvalue weighted by Crippen LogP contribution is -2.01. The Morgan fingerprint density at radius 2 is 2.11 bits per heavy atom. The van der Waals surface area contributed by atoms with E-state index < -0.39 is 0 Å². The number of hydrogen-bond acceptors (Lipinski definition) is 3. The van der Waals surface area contributed by atoms with Crippen molar-refractivity contribution in [1.29, 1.82) is 0 Å². The van der Waals surface area contributed by atoms with Crippen LogP contribution in [0.2, 0.25) is 0 Å². The van der Waals surface area contributed by atoms with E-state index in [0.717, 1.165) is 48.4 Å². The van der Waals surface area contributed by atoms with Crippen molar-refractivity contribution in [2.75, 3.05) is 7.11 Å². The van der Waals surface area contributed by atoms with Crippen LogP contribution in [0, 0.1) is 0 Å². The summed E-state index contributed by atoms with van der Waals surface area (Å²) in [6, 6.07) is 6.00. The Labute approximate surface area is 105 Å². The molecule has 18 heavy (non-hydrogen) atoms. The normalized spacial score (nSPS) is 17.7. The van der Waals surface area contributed by atoms with Gasteiger partial charge in [0.15, 0.2) is 0 Å². The van der Waals surface area contributed by atoms with E-state index in [9.17, 15) is 0 Å². The molecule has 0 saturated carbocycles. The minimum absolute atomic E-state index is 0.762. The number of aromatic amines is 1. The van der Waals surface area contributed by atoms with Crippen LogP contribution in [0.15, 0.2) is 23.4 Å². The van der Waals surface area contributed by atoms with Gasteiger partial charge in [-0.2, -0.15) is 0 Å². The molecule has 0 saturated heterocycles. The fourth-order valence-electron chi connectivity index (χ4n) is 2.68. The minimum atomic E-state index is 0.762. The van der Waals surface area contributed by atoms with Gasteiger partial charge in [0, 0.05) is 10.9 Å². The van der Waals surface area contributed by atoms with E-state index in [-0.39, 0.29) is 0 Å². The second-order valence-corrected chi connectivity index (χ2v) is 4.64. The highest BCUT2D eigenvalue weighted by molar-refractivity contribution is 6.05. The third-order valence-corrected chi connectivity index (χ3v) is 3.61. The van der Waals surface area contributed by atoms with Crippen LogP contribution in [0.25, 0.3) is 10.9 Å². The van der Waals surface area contributed by atoms with E-state index in [1.807, 2.05) is 18.2 Å². The van der Waals surface area contributed by atoms with Gasteiger partial charge in [-0.15, -0.1) is 0 Å². The van der Waals surface area contributed by atoms with Crippen molar-refractivity contribution in [3.8, 4) is 5.75 Å². The molecule has 1 aromatic heterocycles. The molecule has 0 spiro atoms. The first-order valence-electron chi connectivity index (χ1n) is 6.23. The molecule has 0 unspecified atom stereocenters. The zero-order valence-electron chi connectivity index (χ0n) is 10.4. The molecule has 94 valence electrons. The third kappa shape index (κ3) is 1.65. The number of oxime groups is 1. The van der Waals surface area contributed by atoms with Crippen molar-refractivity contribution in [3.63, 3.8) is 0 Å². The van der Waals surface area contributed by atoms with Crippen LogP contribution in [0.3, 0.4) is 0 Å².